The Morgan fingerprint density at radius 3 is 2.67 bits per heavy atom. The van der Waals surface area contributed by atoms with E-state index in [0.29, 0.717) is 18.0 Å². The minimum absolute atomic E-state index is 0. The van der Waals surface area contributed by atoms with Crippen LogP contribution in [0.15, 0.2) is 59.6 Å². The van der Waals surface area contributed by atoms with Crippen LogP contribution >= 0.6 is 24.0 Å². The third kappa shape index (κ3) is 7.28. The molecule has 1 N–H and O–H groups in total. The van der Waals surface area contributed by atoms with E-state index < -0.39 is 0 Å². The number of nitrogens with zero attached hydrogens (tertiary/aromatic N) is 2. The third-order valence-electron chi connectivity index (χ3n) is 4.96. The monoisotopic (exact) mass is 523 g/mol. The number of ether oxygens (including phenoxy) is 2. The predicted molar refractivity (Wildman–Crippen MR) is 129 cm³/mol. The summed E-state index contributed by atoms with van der Waals surface area (Å²) in [6, 6.07) is 17.2. The second-order valence-corrected chi connectivity index (χ2v) is 7.27. The Labute approximate surface area is 195 Å². The van der Waals surface area contributed by atoms with Crippen LogP contribution in [0.2, 0.25) is 0 Å². The van der Waals surface area contributed by atoms with Crippen LogP contribution in [0.4, 0.5) is 0 Å². The van der Waals surface area contributed by atoms with Crippen molar-refractivity contribution in [3.63, 3.8) is 0 Å². The summed E-state index contributed by atoms with van der Waals surface area (Å²) >= 11 is 0. The molecule has 0 saturated carbocycles. The number of halogens is 1. The molecule has 2 aromatic carbocycles. The number of benzene rings is 2. The van der Waals surface area contributed by atoms with Gasteiger partial charge in [-0.15, -0.1) is 24.0 Å². The van der Waals surface area contributed by atoms with Gasteiger partial charge in [-0.2, -0.15) is 0 Å². The molecule has 0 amide bonds. The zero-order chi connectivity index (χ0) is 20.5. The van der Waals surface area contributed by atoms with E-state index in [1.54, 1.807) is 13.1 Å². The van der Waals surface area contributed by atoms with Crippen molar-refractivity contribution in [3.8, 4) is 0 Å². The number of nitrogens with one attached hydrogen (secondary N) is 1. The molecule has 0 bridgehead atoms. The first-order valence-corrected chi connectivity index (χ1v) is 9.95. The first-order valence-electron chi connectivity index (χ1n) is 9.95. The number of esters is 1. The summed E-state index contributed by atoms with van der Waals surface area (Å²) in [4.78, 5) is 18.9. The molecule has 30 heavy (non-hydrogen) atoms. The van der Waals surface area contributed by atoms with E-state index >= 15 is 0 Å². The van der Waals surface area contributed by atoms with Gasteiger partial charge >= 0.3 is 5.97 Å². The van der Waals surface area contributed by atoms with E-state index in [1.807, 2.05) is 55.6 Å². The van der Waals surface area contributed by atoms with E-state index in [4.69, 9.17) is 9.47 Å². The lowest BCUT2D eigenvalue weighted by atomic mass is 10.1. The summed E-state index contributed by atoms with van der Waals surface area (Å²) < 4.78 is 10.9. The van der Waals surface area contributed by atoms with E-state index in [2.05, 4.69) is 15.2 Å². The summed E-state index contributed by atoms with van der Waals surface area (Å²) in [7, 11) is 3.81. The summed E-state index contributed by atoms with van der Waals surface area (Å²) in [5, 5.41) is 3.37. The minimum atomic E-state index is -0.321. The van der Waals surface area contributed by atoms with Crippen molar-refractivity contribution in [3.05, 3.63) is 71.3 Å². The van der Waals surface area contributed by atoms with E-state index in [1.165, 1.54) is 0 Å². The second-order valence-electron chi connectivity index (χ2n) is 7.27. The zero-order valence-corrected chi connectivity index (χ0v) is 19.9. The van der Waals surface area contributed by atoms with Gasteiger partial charge in [0, 0.05) is 39.7 Å². The van der Waals surface area contributed by atoms with E-state index in [-0.39, 0.29) is 36.6 Å². The Hall–Kier alpha value is -2.13. The fourth-order valence-corrected chi connectivity index (χ4v) is 3.38. The average molecular weight is 523 g/mol. The molecule has 1 aliphatic heterocycles. The molecule has 1 heterocycles. The van der Waals surface area contributed by atoms with Gasteiger partial charge in [0.05, 0.1) is 12.2 Å². The quantitative estimate of drug-likeness (QED) is 0.260. The molecule has 1 atom stereocenters. The first kappa shape index (κ1) is 24.1. The van der Waals surface area contributed by atoms with Crippen molar-refractivity contribution < 1.29 is 14.3 Å². The number of hydrogen-bond acceptors (Lipinski definition) is 4. The Morgan fingerprint density at radius 1 is 1.20 bits per heavy atom. The number of carbonyl (C=O) groups is 1. The fraction of sp³-hybridized carbons (Fsp3) is 0.391. The summed E-state index contributed by atoms with van der Waals surface area (Å²) in [6.07, 6.45) is 1.09. The van der Waals surface area contributed by atoms with Crippen molar-refractivity contribution in [2.75, 3.05) is 33.9 Å². The van der Waals surface area contributed by atoms with E-state index in [0.717, 1.165) is 43.3 Å². The molecule has 7 heteroatoms. The minimum Gasteiger partial charge on any atom is -0.457 e. The van der Waals surface area contributed by atoms with Crippen LogP contribution < -0.4 is 5.32 Å². The van der Waals surface area contributed by atoms with Crippen LogP contribution in [0.1, 0.15) is 27.9 Å². The van der Waals surface area contributed by atoms with Crippen molar-refractivity contribution in [1.29, 1.82) is 0 Å². The van der Waals surface area contributed by atoms with Crippen molar-refractivity contribution >= 4 is 35.9 Å². The molecule has 162 valence electrons. The Morgan fingerprint density at radius 2 is 1.97 bits per heavy atom. The maximum absolute atomic E-state index is 12.4. The highest BCUT2D eigenvalue weighted by molar-refractivity contribution is 14.0. The molecule has 0 radical (unpaired) electrons. The normalized spacial score (nSPS) is 15.9. The van der Waals surface area contributed by atoms with Crippen molar-refractivity contribution in [2.45, 2.75) is 19.6 Å². The lowest BCUT2D eigenvalue weighted by Crippen LogP contribution is -2.41. The van der Waals surface area contributed by atoms with Gasteiger partial charge in [-0.25, -0.2) is 4.79 Å². The van der Waals surface area contributed by atoms with Crippen LogP contribution in [-0.2, 0) is 22.6 Å². The van der Waals surface area contributed by atoms with Crippen LogP contribution in [0.3, 0.4) is 0 Å². The maximum atomic E-state index is 12.4. The molecule has 1 fully saturated rings. The third-order valence-corrected chi connectivity index (χ3v) is 4.96. The average Bonchev–Trinajstić information content (AvgIpc) is 3.26. The Kier molecular flexibility index (Phi) is 10.1. The van der Waals surface area contributed by atoms with Gasteiger partial charge in [-0.3, -0.25) is 4.99 Å². The lowest BCUT2D eigenvalue weighted by molar-refractivity contribution is 0.0472. The highest BCUT2D eigenvalue weighted by Gasteiger charge is 2.19. The first-order chi connectivity index (χ1) is 14.2. The molecule has 1 saturated heterocycles. The molecule has 2 aromatic rings. The summed E-state index contributed by atoms with van der Waals surface area (Å²) in [5.41, 5.74) is 2.52. The van der Waals surface area contributed by atoms with Crippen LogP contribution in [-0.4, -0.2) is 50.7 Å². The van der Waals surface area contributed by atoms with Crippen molar-refractivity contribution in [1.82, 2.24) is 10.2 Å². The fourth-order valence-electron chi connectivity index (χ4n) is 3.38. The van der Waals surface area contributed by atoms with Gasteiger partial charge in [0.15, 0.2) is 5.96 Å². The Bertz CT molecular complexity index is 823. The number of hydrogen-bond donors (Lipinski definition) is 1. The second kappa shape index (κ2) is 12.5. The highest BCUT2D eigenvalue weighted by Crippen LogP contribution is 2.13. The van der Waals surface area contributed by atoms with Crippen LogP contribution in [0.5, 0.6) is 0 Å². The van der Waals surface area contributed by atoms with Crippen molar-refractivity contribution in [2.24, 2.45) is 10.9 Å². The molecule has 1 aliphatic rings. The van der Waals surface area contributed by atoms with Gasteiger partial charge < -0.3 is 19.7 Å². The van der Waals surface area contributed by atoms with Crippen LogP contribution in [0.25, 0.3) is 0 Å². The molecule has 0 aliphatic carbocycles. The van der Waals surface area contributed by atoms with E-state index in [9.17, 15) is 4.79 Å². The Balaban J connectivity index is 0.00000320. The standard InChI is InChI=1S/C23H29N3O3.HI/c1-24-23(26(2)15-20-11-12-28-16-20)25-14-19-9-6-10-21(13-19)22(27)29-17-18-7-4-3-5-8-18;/h3-10,13,20H,11-12,14-17H2,1-2H3,(H,24,25);1H. The summed E-state index contributed by atoms with van der Waals surface area (Å²) in [5.74, 6) is 1.05. The van der Waals surface area contributed by atoms with Gasteiger partial charge in [-0.05, 0) is 29.7 Å². The van der Waals surface area contributed by atoms with Gasteiger partial charge in [-0.1, -0.05) is 42.5 Å². The molecule has 0 aromatic heterocycles. The number of rotatable bonds is 7. The smallest absolute Gasteiger partial charge is 0.338 e. The molecule has 0 spiro atoms. The number of carbonyl (C=O) groups excluding carboxylic acids is 1. The SMILES string of the molecule is CN=C(NCc1cccc(C(=O)OCc2ccccc2)c1)N(C)CC1CCOC1.I. The molecule has 6 nitrogen and oxygen atoms in total. The number of guanidine groups is 1. The molecule has 3 rings (SSSR count). The zero-order valence-electron chi connectivity index (χ0n) is 17.5. The summed E-state index contributed by atoms with van der Waals surface area (Å²) in [6.45, 7) is 3.42. The molecule has 1 unspecified atom stereocenters. The number of aliphatic imine (C=N–C) groups is 1. The molecular weight excluding hydrogens is 493 g/mol. The van der Waals surface area contributed by atoms with Crippen LogP contribution in [0, 0.1) is 5.92 Å². The van der Waals surface area contributed by atoms with Gasteiger partial charge in [0.2, 0.25) is 0 Å². The predicted octanol–water partition coefficient (Wildman–Crippen LogP) is 3.71. The van der Waals surface area contributed by atoms with Gasteiger partial charge in [0.25, 0.3) is 0 Å². The van der Waals surface area contributed by atoms with Gasteiger partial charge in [0.1, 0.15) is 6.61 Å². The molecular formula is C23H30IN3O3. The topological polar surface area (TPSA) is 63.2 Å². The lowest BCUT2D eigenvalue weighted by Gasteiger charge is -2.24. The maximum Gasteiger partial charge on any atom is 0.338 e. The largest absolute Gasteiger partial charge is 0.457 e. The highest BCUT2D eigenvalue weighted by atomic mass is 127.